The van der Waals surface area contributed by atoms with Gasteiger partial charge in [-0.3, -0.25) is 18.0 Å². The van der Waals surface area contributed by atoms with Gasteiger partial charge in [0.05, 0.1) is 6.17 Å². The van der Waals surface area contributed by atoms with Crippen molar-refractivity contribution in [1.29, 1.82) is 0 Å². The lowest BCUT2D eigenvalue weighted by Crippen LogP contribution is -2.52. The van der Waals surface area contributed by atoms with Gasteiger partial charge in [0.25, 0.3) is 0 Å². The van der Waals surface area contributed by atoms with E-state index in [1.165, 1.54) is 6.92 Å². The van der Waals surface area contributed by atoms with Gasteiger partial charge in [-0.25, -0.2) is 0 Å². The van der Waals surface area contributed by atoms with Crippen LogP contribution in [0, 0.1) is 0 Å². The summed E-state index contributed by atoms with van der Waals surface area (Å²) in [4.78, 5) is 23.0. The van der Waals surface area contributed by atoms with Crippen LogP contribution in [-0.4, -0.2) is 46.0 Å². The summed E-state index contributed by atoms with van der Waals surface area (Å²) in [5, 5.41) is 1.46. The molecule has 4 atom stereocenters. The van der Waals surface area contributed by atoms with Crippen LogP contribution in [-0.2, 0) is 31.7 Å². The molecule has 0 aromatic rings. The predicted octanol–water partition coefficient (Wildman–Crippen LogP) is -1.57. The van der Waals surface area contributed by atoms with E-state index in [1.54, 1.807) is 0 Å². The molecule has 20 heavy (non-hydrogen) atoms. The fraction of sp³-hybridized carbons (Fsp3) is 0.400. The lowest BCUT2D eigenvalue weighted by atomic mass is 10.3. The number of rotatable bonds is 8. The molecule has 2 N–H and O–H groups in total. The highest BCUT2D eigenvalue weighted by Crippen LogP contribution is 1.98. The van der Waals surface area contributed by atoms with Crippen molar-refractivity contribution in [2.45, 2.75) is 23.6 Å². The first-order chi connectivity index (χ1) is 9.24. The summed E-state index contributed by atoms with van der Waals surface area (Å²) >= 11 is -5.38. The summed E-state index contributed by atoms with van der Waals surface area (Å²) in [5.41, 5.74) is 0. The molecule has 0 saturated heterocycles. The number of carbonyl (C=O) groups is 2. The molecule has 0 saturated carbocycles. The average molecular weight is 322 g/mol. The Morgan fingerprint density at radius 3 is 1.50 bits per heavy atom. The van der Waals surface area contributed by atoms with E-state index in [9.17, 15) is 27.1 Å². The Kier molecular flexibility index (Phi) is 8.15. The van der Waals surface area contributed by atoms with E-state index >= 15 is 0 Å². The summed E-state index contributed by atoms with van der Waals surface area (Å²) in [6.45, 7) is 7.75. The topological polar surface area (TPSA) is 138 Å². The third kappa shape index (κ3) is 5.74. The molecule has 0 radical (unpaired) electrons. The van der Waals surface area contributed by atoms with Crippen LogP contribution in [0.15, 0.2) is 25.3 Å². The second kappa shape index (κ2) is 8.74. The van der Waals surface area contributed by atoms with E-state index in [4.69, 9.17) is 0 Å². The van der Waals surface area contributed by atoms with E-state index in [-0.39, 0.29) is 0 Å². The van der Waals surface area contributed by atoms with Gasteiger partial charge in [0.2, 0.25) is 11.8 Å². The van der Waals surface area contributed by atoms with Crippen molar-refractivity contribution in [1.82, 2.24) is 10.6 Å². The van der Waals surface area contributed by atoms with Gasteiger partial charge >= 0.3 is 0 Å². The van der Waals surface area contributed by atoms with Crippen molar-refractivity contribution in [2.24, 2.45) is 0 Å². The Balaban J connectivity index is 4.60. The van der Waals surface area contributed by atoms with Crippen molar-refractivity contribution in [3.63, 3.8) is 0 Å². The maximum Gasteiger partial charge on any atom is 0.240 e. The van der Waals surface area contributed by atoms with Gasteiger partial charge in [-0.2, -0.15) is 0 Å². The molecule has 2 amide bonds. The molecule has 0 aromatic carbocycles. The molecule has 0 heterocycles. The Labute approximate surface area is 121 Å². The largest absolute Gasteiger partial charge is 0.772 e. The Hall–Kier alpha value is -1.36. The smallest absolute Gasteiger partial charge is 0.240 e. The van der Waals surface area contributed by atoms with Crippen LogP contribution in [0.1, 0.15) is 6.92 Å². The van der Waals surface area contributed by atoms with Crippen molar-refractivity contribution >= 4 is 34.0 Å². The molecule has 10 heteroatoms. The van der Waals surface area contributed by atoms with Gasteiger partial charge in [-0.05, 0) is 29.1 Å². The van der Waals surface area contributed by atoms with E-state index in [2.05, 4.69) is 23.8 Å². The highest BCUT2D eigenvalue weighted by Gasteiger charge is 2.21. The molecule has 0 aromatic heterocycles. The Bertz CT molecular complexity index is 413. The Morgan fingerprint density at radius 1 is 1.00 bits per heavy atom. The molecule has 0 bridgehead atoms. The first kappa shape index (κ1) is 18.6. The second-order valence-corrected chi connectivity index (χ2v) is 5.63. The minimum Gasteiger partial charge on any atom is -0.772 e. The standard InChI is InChI=1S/C10H16N2O6S2/c1-4-7(19(15)16)9(13)11-6(3)12-10(14)8(5-2)20(17)18/h4-8H,1-2H2,3H3,(H,11,13)(H,12,14)(H,15,16)(H,17,18)/p-2. The third-order valence-electron chi connectivity index (χ3n) is 2.08. The lowest BCUT2D eigenvalue weighted by molar-refractivity contribution is -0.122. The fourth-order valence-corrected chi connectivity index (χ4v) is 1.97. The SMILES string of the molecule is C=CC(C(=O)NC(C)NC(=O)C(C=C)S(=O)[O-])S(=O)[O-]. The maximum absolute atomic E-state index is 11.5. The third-order valence-corrected chi connectivity index (χ3v) is 3.72. The first-order valence-electron chi connectivity index (χ1n) is 5.26. The summed E-state index contributed by atoms with van der Waals surface area (Å²) < 4.78 is 42.8. The normalized spacial score (nSPS) is 17.9. The molecule has 0 spiro atoms. The quantitative estimate of drug-likeness (QED) is 0.314. The zero-order valence-electron chi connectivity index (χ0n) is 10.6. The molecule has 0 aliphatic heterocycles. The summed E-state index contributed by atoms with van der Waals surface area (Å²) in [5.74, 6) is -1.78. The zero-order valence-corrected chi connectivity index (χ0v) is 12.2. The average Bonchev–Trinajstić information content (AvgIpc) is 2.28. The summed E-state index contributed by atoms with van der Waals surface area (Å²) in [6, 6.07) is 0. The van der Waals surface area contributed by atoms with E-state index in [0.717, 1.165) is 12.2 Å². The number of carbonyl (C=O) groups excluding carboxylic acids is 2. The molecule has 0 aliphatic carbocycles. The highest BCUT2D eigenvalue weighted by atomic mass is 32.2. The molecular formula is C10H14N2O6S2-2. The molecule has 8 nitrogen and oxygen atoms in total. The van der Waals surface area contributed by atoms with Gasteiger partial charge in [-0.1, -0.05) is 12.2 Å². The van der Waals surface area contributed by atoms with Crippen LogP contribution in [0.4, 0.5) is 0 Å². The van der Waals surface area contributed by atoms with Crippen molar-refractivity contribution in [3.05, 3.63) is 25.3 Å². The van der Waals surface area contributed by atoms with Crippen LogP contribution >= 0.6 is 0 Å². The van der Waals surface area contributed by atoms with Crippen LogP contribution in [0.2, 0.25) is 0 Å². The molecule has 0 rings (SSSR count). The molecule has 0 aliphatic rings. The molecule has 114 valence electrons. The van der Waals surface area contributed by atoms with Crippen LogP contribution in [0.3, 0.4) is 0 Å². The monoisotopic (exact) mass is 322 g/mol. The van der Waals surface area contributed by atoms with Crippen molar-refractivity contribution in [2.75, 3.05) is 0 Å². The predicted molar refractivity (Wildman–Crippen MR) is 71.6 cm³/mol. The number of amides is 2. The van der Waals surface area contributed by atoms with Crippen LogP contribution in [0.5, 0.6) is 0 Å². The van der Waals surface area contributed by atoms with Gasteiger partial charge in [0.15, 0.2) is 0 Å². The zero-order chi connectivity index (χ0) is 15.9. The van der Waals surface area contributed by atoms with Crippen molar-refractivity contribution in [3.8, 4) is 0 Å². The summed E-state index contributed by atoms with van der Waals surface area (Å²) in [7, 11) is 0. The minimum atomic E-state index is -2.69. The summed E-state index contributed by atoms with van der Waals surface area (Å²) in [6.07, 6.45) is 0.880. The molecule has 4 unspecified atom stereocenters. The number of hydrogen-bond donors (Lipinski definition) is 2. The fourth-order valence-electron chi connectivity index (χ4n) is 1.17. The first-order valence-corrected chi connectivity index (χ1v) is 7.54. The molecular weight excluding hydrogens is 308 g/mol. The number of hydrogen-bond acceptors (Lipinski definition) is 6. The molecule has 0 fully saturated rings. The number of nitrogens with one attached hydrogen (secondary N) is 2. The van der Waals surface area contributed by atoms with Gasteiger partial charge in [0.1, 0.15) is 10.5 Å². The minimum absolute atomic E-state index is 0.889. The van der Waals surface area contributed by atoms with E-state index < -0.39 is 50.6 Å². The second-order valence-electron chi connectivity index (χ2n) is 3.57. The van der Waals surface area contributed by atoms with Gasteiger partial charge < -0.3 is 19.7 Å². The van der Waals surface area contributed by atoms with Gasteiger partial charge in [0, 0.05) is 0 Å². The van der Waals surface area contributed by atoms with Gasteiger partial charge in [-0.15, -0.1) is 13.2 Å². The Morgan fingerprint density at radius 2 is 1.30 bits per heavy atom. The van der Waals surface area contributed by atoms with Crippen LogP contribution in [0.25, 0.3) is 0 Å². The van der Waals surface area contributed by atoms with E-state index in [1.807, 2.05) is 0 Å². The van der Waals surface area contributed by atoms with E-state index in [0.29, 0.717) is 0 Å². The highest BCUT2D eigenvalue weighted by molar-refractivity contribution is 7.81. The maximum atomic E-state index is 11.5. The lowest BCUT2D eigenvalue weighted by Gasteiger charge is -2.22. The van der Waals surface area contributed by atoms with Crippen LogP contribution < -0.4 is 10.6 Å². The van der Waals surface area contributed by atoms with Crippen molar-refractivity contribution < 1.29 is 27.1 Å².